The minimum atomic E-state index is 1.01. The second-order valence-corrected chi connectivity index (χ2v) is 10.5. The van der Waals surface area contributed by atoms with Crippen molar-refractivity contribution in [3.05, 3.63) is 128 Å². The lowest BCUT2D eigenvalue weighted by Gasteiger charge is -2.16. The Morgan fingerprint density at radius 1 is 0.526 bits per heavy atom. The number of fused-ring (bicyclic) bond motifs is 6. The third-order valence-corrected chi connectivity index (χ3v) is 8.58. The number of hydrogen-bond donors (Lipinski definition) is 0. The Morgan fingerprint density at radius 3 is 1.97 bits per heavy atom. The smallest absolute Gasteiger partial charge is 0.0886 e. The number of hydrogen-bond acceptors (Lipinski definition) is 3. The van der Waals surface area contributed by atoms with Gasteiger partial charge in [0, 0.05) is 56.0 Å². The molecule has 4 heteroatoms. The van der Waals surface area contributed by atoms with Crippen molar-refractivity contribution in [3.8, 4) is 28.1 Å². The second kappa shape index (κ2) is 8.37. The molecule has 178 valence electrons. The van der Waals surface area contributed by atoms with E-state index in [2.05, 4.69) is 119 Å². The van der Waals surface area contributed by atoms with Crippen molar-refractivity contribution in [1.82, 2.24) is 14.5 Å². The average Bonchev–Trinajstić information content (AvgIpc) is 3.53. The lowest BCUT2D eigenvalue weighted by Crippen LogP contribution is -1.99. The zero-order chi connectivity index (χ0) is 25.1. The van der Waals surface area contributed by atoms with E-state index in [0.717, 1.165) is 28.1 Å². The van der Waals surface area contributed by atoms with Crippen molar-refractivity contribution < 1.29 is 0 Å². The van der Waals surface area contributed by atoms with Crippen LogP contribution in [-0.2, 0) is 0 Å². The predicted molar refractivity (Wildman–Crippen MR) is 160 cm³/mol. The lowest BCUT2D eigenvalue weighted by molar-refractivity contribution is 1.16. The van der Waals surface area contributed by atoms with Gasteiger partial charge in [0.1, 0.15) is 0 Å². The van der Waals surface area contributed by atoms with Gasteiger partial charge in [0.05, 0.1) is 27.1 Å². The summed E-state index contributed by atoms with van der Waals surface area (Å²) in [5.41, 5.74) is 7.79. The van der Waals surface area contributed by atoms with Crippen LogP contribution in [-0.4, -0.2) is 14.5 Å². The summed E-state index contributed by atoms with van der Waals surface area (Å²) in [6, 6.07) is 38.7. The van der Waals surface area contributed by atoms with Crippen molar-refractivity contribution in [2.75, 3.05) is 0 Å². The van der Waals surface area contributed by atoms with Crippen LogP contribution in [0.4, 0.5) is 0 Å². The number of benzene rings is 4. The molecule has 0 unspecified atom stereocenters. The molecule has 0 radical (unpaired) electrons. The van der Waals surface area contributed by atoms with Crippen molar-refractivity contribution in [3.63, 3.8) is 0 Å². The molecule has 8 aromatic rings. The summed E-state index contributed by atoms with van der Waals surface area (Å²) >= 11 is 1.81. The van der Waals surface area contributed by atoms with Gasteiger partial charge in [0.25, 0.3) is 0 Å². The van der Waals surface area contributed by atoms with Crippen molar-refractivity contribution >= 4 is 53.3 Å². The maximum absolute atomic E-state index is 4.93. The first kappa shape index (κ1) is 21.3. The number of pyridine rings is 2. The van der Waals surface area contributed by atoms with E-state index in [1.807, 2.05) is 29.9 Å². The minimum Gasteiger partial charge on any atom is -0.309 e. The Kier molecular flexibility index (Phi) is 4.69. The Labute approximate surface area is 223 Å². The quantitative estimate of drug-likeness (QED) is 0.240. The SMILES string of the molecule is c1ccc(-c2nccc3c2sc2ccccc23)c(-c2cnccc2-n2c3ccccc3c3ccccc32)c1. The molecule has 3 nitrogen and oxygen atoms in total. The van der Waals surface area contributed by atoms with Crippen molar-refractivity contribution in [2.45, 2.75) is 0 Å². The first-order chi connectivity index (χ1) is 18.9. The van der Waals surface area contributed by atoms with Gasteiger partial charge in [0.15, 0.2) is 0 Å². The Balaban J connectivity index is 1.43. The molecule has 0 saturated carbocycles. The number of aromatic nitrogens is 3. The van der Waals surface area contributed by atoms with E-state index in [1.54, 1.807) is 0 Å². The monoisotopic (exact) mass is 503 g/mol. The molecule has 0 spiro atoms. The van der Waals surface area contributed by atoms with E-state index in [0.29, 0.717) is 0 Å². The number of nitrogens with zero attached hydrogens (tertiary/aromatic N) is 3. The fourth-order valence-electron chi connectivity index (χ4n) is 5.74. The number of para-hydroxylation sites is 2. The van der Waals surface area contributed by atoms with Gasteiger partial charge in [-0.1, -0.05) is 78.9 Å². The normalized spacial score (nSPS) is 11.7. The molecule has 0 amide bonds. The molecule has 0 aliphatic heterocycles. The molecule has 0 bridgehead atoms. The highest BCUT2D eigenvalue weighted by molar-refractivity contribution is 7.26. The average molecular weight is 504 g/mol. The maximum Gasteiger partial charge on any atom is 0.0886 e. The summed E-state index contributed by atoms with van der Waals surface area (Å²) in [5.74, 6) is 0. The standard InChI is InChI=1S/C34H21N3S/c1-2-13-26(33-34-27(17-20-36-33)25-12-5-8-16-32(25)38-34)22(9-1)28-21-35-19-18-31(28)37-29-14-6-3-10-23(29)24-11-4-7-15-30(24)37/h1-21H. The molecule has 0 fully saturated rings. The summed E-state index contributed by atoms with van der Waals surface area (Å²) in [6.07, 6.45) is 5.81. The van der Waals surface area contributed by atoms with Gasteiger partial charge >= 0.3 is 0 Å². The predicted octanol–water partition coefficient (Wildman–Crippen LogP) is 9.28. The molecule has 0 atom stereocenters. The summed E-state index contributed by atoms with van der Waals surface area (Å²) < 4.78 is 4.86. The van der Waals surface area contributed by atoms with Crippen LogP contribution >= 0.6 is 11.3 Å². The third kappa shape index (κ3) is 3.07. The molecule has 0 aliphatic rings. The number of thiophene rings is 1. The molecule has 0 aliphatic carbocycles. The van der Waals surface area contributed by atoms with Crippen LogP contribution in [0.2, 0.25) is 0 Å². The lowest BCUT2D eigenvalue weighted by atomic mass is 9.96. The maximum atomic E-state index is 4.93. The fourth-order valence-corrected chi connectivity index (χ4v) is 6.94. The largest absolute Gasteiger partial charge is 0.309 e. The first-order valence-corrected chi connectivity index (χ1v) is 13.5. The van der Waals surface area contributed by atoms with E-state index >= 15 is 0 Å². The zero-order valence-corrected chi connectivity index (χ0v) is 21.2. The molecular weight excluding hydrogens is 482 g/mol. The van der Waals surface area contributed by atoms with Crippen LogP contribution in [0.3, 0.4) is 0 Å². The molecule has 0 N–H and O–H groups in total. The van der Waals surface area contributed by atoms with Crippen LogP contribution in [0.5, 0.6) is 0 Å². The van der Waals surface area contributed by atoms with Crippen LogP contribution in [0.15, 0.2) is 128 Å². The Morgan fingerprint density at radius 2 is 1.18 bits per heavy atom. The topological polar surface area (TPSA) is 30.7 Å². The number of rotatable bonds is 3. The van der Waals surface area contributed by atoms with Gasteiger partial charge in [-0.3, -0.25) is 9.97 Å². The molecule has 4 heterocycles. The van der Waals surface area contributed by atoms with Crippen LogP contribution < -0.4 is 0 Å². The summed E-state index contributed by atoms with van der Waals surface area (Å²) in [7, 11) is 0. The summed E-state index contributed by atoms with van der Waals surface area (Å²) in [6.45, 7) is 0. The minimum absolute atomic E-state index is 1.01. The van der Waals surface area contributed by atoms with Gasteiger partial charge in [-0.2, -0.15) is 0 Å². The Hall–Kier alpha value is -4.80. The van der Waals surface area contributed by atoms with Crippen LogP contribution in [0, 0.1) is 0 Å². The van der Waals surface area contributed by atoms with Crippen LogP contribution in [0.25, 0.3) is 70.0 Å². The van der Waals surface area contributed by atoms with Gasteiger partial charge in [-0.05, 0) is 35.9 Å². The third-order valence-electron chi connectivity index (χ3n) is 7.39. The fraction of sp³-hybridized carbons (Fsp3) is 0. The van der Waals surface area contributed by atoms with Gasteiger partial charge in [-0.15, -0.1) is 11.3 Å². The molecular formula is C34H21N3S. The van der Waals surface area contributed by atoms with E-state index in [9.17, 15) is 0 Å². The molecule has 0 saturated heterocycles. The first-order valence-electron chi connectivity index (χ1n) is 12.7. The van der Waals surface area contributed by atoms with Gasteiger partial charge in [-0.25, -0.2) is 0 Å². The molecule has 8 rings (SSSR count). The van der Waals surface area contributed by atoms with Crippen molar-refractivity contribution in [2.24, 2.45) is 0 Å². The van der Waals surface area contributed by atoms with E-state index in [4.69, 9.17) is 4.98 Å². The summed E-state index contributed by atoms with van der Waals surface area (Å²) in [4.78, 5) is 9.53. The van der Waals surface area contributed by atoms with Crippen molar-refractivity contribution in [1.29, 1.82) is 0 Å². The van der Waals surface area contributed by atoms with E-state index in [-0.39, 0.29) is 0 Å². The van der Waals surface area contributed by atoms with Crippen LogP contribution in [0.1, 0.15) is 0 Å². The Bertz CT molecular complexity index is 2100. The molecule has 4 aromatic heterocycles. The molecule has 4 aromatic carbocycles. The summed E-state index contributed by atoms with van der Waals surface area (Å²) in [5, 5.41) is 5.02. The second-order valence-electron chi connectivity index (χ2n) is 9.44. The van der Waals surface area contributed by atoms with Gasteiger partial charge in [0.2, 0.25) is 0 Å². The highest BCUT2D eigenvalue weighted by Crippen LogP contribution is 2.43. The highest BCUT2D eigenvalue weighted by Gasteiger charge is 2.19. The van der Waals surface area contributed by atoms with Gasteiger partial charge < -0.3 is 4.57 Å². The molecule has 38 heavy (non-hydrogen) atoms. The van der Waals surface area contributed by atoms with E-state index < -0.39 is 0 Å². The highest BCUT2D eigenvalue weighted by atomic mass is 32.1. The van der Waals surface area contributed by atoms with E-state index in [1.165, 1.54) is 42.0 Å². The zero-order valence-electron chi connectivity index (χ0n) is 20.4.